The Kier molecular flexibility index (Phi) is 5.57. The smallest absolute Gasteiger partial charge is 0.308 e. The van der Waals surface area contributed by atoms with Crippen LogP contribution in [0.3, 0.4) is 0 Å². The van der Waals surface area contributed by atoms with Gasteiger partial charge in [0.05, 0.1) is 19.1 Å². The molecule has 0 heterocycles. The maximum absolute atomic E-state index is 11.3. The van der Waals surface area contributed by atoms with Crippen LogP contribution in [0.1, 0.15) is 37.9 Å². The minimum Gasteiger partial charge on any atom is -0.466 e. The Morgan fingerprint density at radius 1 is 1.38 bits per heavy atom. The van der Waals surface area contributed by atoms with Crippen molar-refractivity contribution in [2.45, 2.75) is 32.3 Å². The van der Waals surface area contributed by atoms with E-state index >= 15 is 0 Å². The van der Waals surface area contributed by atoms with Gasteiger partial charge in [-0.1, -0.05) is 43.7 Å². The first-order chi connectivity index (χ1) is 7.74. The molecule has 0 amide bonds. The van der Waals surface area contributed by atoms with Crippen molar-refractivity contribution in [3.8, 4) is 0 Å². The van der Waals surface area contributed by atoms with Gasteiger partial charge in [-0.25, -0.2) is 0 Å². The van der Waals surface area contributed by atoms with Gasteiger partial charge in [-0.2, -0.15) is 0 Å². The van der Waals surface area contributed by atoms with E-state index in [1.165, 1.54) is 0 Å². The Hall–Kier alpha value is -1.35. The van der Waals surface area contributed by atoms with Crippen LogP contribution in [0.4, 0.5) is 0 Å². The van der Waals surface area contributed by atoms with Crippen LogP contribution in [0.2, 0.25) is 0 Å². The average molecular weight is 222 g/mol. The lowest BCUT2D eigenvalue weighted by molar-refractivity contribution is -0.146. The first kappa shape index (κ1) is 12.7. The van der Waals surface area contributed by atoms with Crippen molar-refractivity contribution in [3.05, 3.63) is 35.9 Å². The van der Waals surface area contributed by atoms with Gasteiger partial charge in [0.2, 0.25) is 0 Å². The van der Waals surface area contributed by atoms with Crippen molar-refractivity contribution in [1.29, 1.82) is 0 Å². The third-order valence-corrected chi connectivity index (χ3v) is 2.31. The van der Waals surface area contributed by atoms with Crippen molar-refractivity contribution in [2.75, 3.05) is 6.61 Å². The molecule has 0 aliphatic heterocycles. The SMILES string of the molecule is CCCCOC(=O)C[C@@H](O)c1ccccc1. The number of carbonyl (C=O) groups is 1. The predicted molar refractivity (Wildman–Crippen MR) is 61.9 cm³/mol. The summed E-state index contributed by atoms with van der Waals surface area (Å²) in [6.07, 6.45) is 1.12. The largest absolute Gasteiger partial charge is 0.466 e. The Bertz CT molecular complexity index is 308. The molecule has 0 aromatic heterocycles. The number of carbonyl (C=O) groups excluding carboxylic acids is 1. The summed E-state index contributed by atoms with van der Waals surface area (Å²) >= 11 is 0. The zero-order valence-electron chi connectivity index (χ0n) is 9.56. The van der Waals surface area contributed by atoms with Crippen molar-refractivity contribution in [2.24, 2.45) is 0 Å². The van der Waals surface area contributed by atoms with E-state index in [1.807, 2.05) is 25.1 Å². The fourth-order valence-corrected chi connectivity index (χ4v) is 1.34. The number of hydrogen-bond acceptors (Lipinski definition) is 3. The monoisotopic (exact) mass is 222 g/mol. The van der Waals surface area contributed by atoms with Gasteiger partial charge in [-0.15, -0.1) is 0 Å². The minimum absolute atomic E-state index is 0.0216. The molecule has 1 aromatic carbocycles. The summed E-state index contributed by atoms with van der Waals surface area (Å²) in [6.45, 7) is 2.48. The predicted octanol–water partition coefficient (Wildman–Crippen LogP) is 2.45. The number of unbranched alkanes of at least 4 members (excludes halogenated alkanes) is 1. The standard InChI is InChI=1S/C13H18O3/c1-2-3-9-16-13(15)10-12(14)11-7-5-4-6-8-11/h4-8,12,14H,2-3,9-10H2,1H3/t12-/m1/s1. The summed E-state index contributed by atoms with van der Waals surface area (Å²) < 4.78 is 4.98. The highest BCUT2D eigenvalue weighted by atomic mass is 16.5. The summed E-state index contributed by atoms with van der Waals surface area (Å²) in [5, 5.41) is 9.75. The second-order valence-electron chi connectivity index (χ2n) is 3.70. The second-order valence-corrected chi connectivity index (χ2v) is 3.70. The molecule has 0 saturated heterocycles. The third kappa shape index (κ3) is 4.45. The Morgan fingerprint density at radius 2 is 2.06 bits per heavy atom. The minimum atomic E-state index is -0.768. The van der Waals surface area contributed by atoms with Crippen LogP contribution in [0.25, 0.3) is 0 Å². The zero-order valence-corrected chi connectivity index (χ0v) is 9.56. The Morgan fingerprint density at radius 3 is 2.69 bits per heavy atom. The lowest BCUT2D eigenvalue weighted by Crippen LogP contribution is -2.10. The number of aliphatic hydroxyl groups excluding tert-OH is 1. The van der Waals surface area contributed by atoms with Crippen molar-refractivity contribution in [3.63, 3.8) is 0 Å². The van der Waals surface area contributed by atoms with Gasteiger partial charge in [-0.3, -0.25) is 4.79 Å². The molecule has 0 fully saturated rings. The average Bonchev–Trinajstić information content (AvgIpc) is 2.30. The van der Waals surface area contributed by atoms with Gasteiger partial charge in [0.25, 0.3) is 0 Å². The fraction of sp³-hybridized carbons (Fsp3) is 0.462. The van der Waals surface area contributed by atoms with Gasteiger partial charge in [-0.05, 0) is 12.0 Å². The molecular weight excluding hydrogens is 204 g/mol. The highest BCUT2D eigenvalue weighted by molar-refractivity contribution is 5.70. The van der Waals surface area contributed by atoms with E-state index < -0.39 is 6.10 Å². The summed E-state index contributed by atoms with van der Waals surface area (Å²) in [7, 11) is 0. The number of benzene rings is 1. The van der Waals surface area contributed by atoms with Crippen molar-refractivity contribution < 1.29 is 14.6 Å². The van der Waals surface area contributed by atoms with E-state index in [0.717, 1.165) is 18.4 Å². The van der Waals surface area contributed by atoms with Gasteiger partial charge >= 0.3 is 5.97 Å². The topological polar surface area (TPSA) is 46.5 Å². The molecule has 1 rings (SSSR count). The van der Waals surface area contributed by atoms with Crippen LogP contribution < -0.4 is 0 Å². The molecule has 3 nitrogen and oxygen atoms in total. The molecule has 1 aromatic rings. The first-order valence-corrected chi connectivity index (χ1v) is 5.62. The molecule has 0 aliphatic carbocycles. The van der Waals surface area contributed by atoms with Crippen LogP contribution >= 0.6 is 0 Å². The molecule has 0 saturated carbocycles. The summed E-state index contributed by atoms with van der Waals surface area (Å²) in [5.41, 5.74) is 0.745. The lowest BCUT2D eigenvalue weighted by Gasteiger charge is -2.10. The maximum Gasteiger partial charge on any atom is 0.308 e. The first-order valence-electron chi connectivity index (χ1n) is 5.62. The zero-order chi connectivity index (χ0) is 11.8. The maximum atomic E-state index is 11.3. The molecule has 1 atom stereocenters. The number of hydrogen-bond donors (Lipinski definition) is 1. The van der Waals surface area contributed by atoms with Crippen LogP contribution in [-0.4, -0.2) is 17.7 Å². The molecule has 0 unspecified atom stereocenters. The highest BCUT2D eigenvalue weighted by Gasteiger charge is 2.13. The molecule has 0 radical (unpaired) electrons. The van der Waals surface area contributed by atoms with E-state index in [-0.39, 0.29) is 12.4 Å². The van der Waals surface area contributed by atoms with Gasteiger partial charge in [0, 0.05) is 0 Å². The number of rotatable bonds is 6. The molecule has 0 aliphatic rings. The van der Waals surface area contributed by atoms with Crippen LogP contribution in [0.15, 0.2) is 30.3 Å². The van der Waals surface area contributed by atoms with Crippen LogP contribution in [0, 0.1) is 0 Å². The number of ether oxygens (including phenoxy) is 1. The summed E-state index contributed by atoms with van der Waals surface area (Å²) in [4.78, 5) is 11.3. The highest BCUT2D eigenvalue weighted by Crippen LogP contribution is 2.16. The third-order valence-electron chi connectivity index (χ3n) is 2.31. The number of esters is 1. The molecular formula is C13H18O3. The van der Waals surface area contributed by atoms with Gasteiger partial charge in [0.1, 0.15) is 0 Å². The van der Waals surface area contributed by atoms with E-state index in [2.05, 4.69) is 0 Å². The molecule has 16 heavy (non-hydrogen) atoms. The van der Waals surface area contributed by atoms with E-state index in [0.29, 0.717) is 6.61 Å². The van der Waals surface area contributed by atoms with Gasteiger partial charge in [0.15, 0.2) is 0 Å². The Labute approximate surface area is 96.1 Å². The lowest BCUT2D eigenvalue weighted by atomic mass is 10.1. The number of aliphatic hydroxyl groups is 1. The molecule has 0 spiro atoms. The van der Waals surface area contributed by atoms with Crippen molar-refractivity contribution in [1.82, 2.24) is 0 Å². The van der Waals surface area contributed by atoms with Gasteiger partial charge < -0.3 is 9.84 Å². The quantitative estimate of drug-likeness (QED) is 0.594. The molecule has 1 N–H and O–H groups in total. The summed E-state index contributed by atoms with van der Waals surface area (Å²) in [6, 6.07) is 9.13. The molecule has 3 heteroatoms. The normalized spacial score (nSPS) is 12.1. The van der Waals surface area contributed by atoms with Crippen LogP contribution in [-0.2, 0) is 9.53 Å². The second kappa shape index (κ2) is 7.01. The summed E-state index contributed by atoms with van der Waals surface area (Å²) in [5.74, 6) is -0.343. The molecule has 88 valence electrons. The van der Waals surface area contributed by atoms with E-state index in [4.69, 9.17) is 4.74 Å². The molecule has 0 bridgehead atoms. The van der Waals surface area contributed by atoms with Crippen LogP contribution in [0.5, 0.6) is 0 Å². The Balaban J connectivity index is 2.34. The fourth-order valence-electron chi connectivity index (χ4n) is 1.34. The van der Waals surface area contributed by atoms with Crippen molar-refractivity contribution >= 4 is 5.97 Å². The van der Waals surface area contributed by atoms with E-state index in [1.54, 1.807) is 12.1 Å². The van der Waals surface area contributed by atoms with E-state index in [9.17, 15) is 9.90 Å².